The zero-order valence-corrected chi connectivity index (χ0v) is 16.3. The molecule has 140 valence electrons. The first-order chi connectivity index (χ1) is 11.7. The summed E-state index contributed by atoms with van der Waals surface area (Å²) in [6, 6.07) is 6.79. The van der Waals surface area contributed by atoms with Gasteiger partial charge in [-0.25, -0.2) is 8.42 Å². The molecule has 1 amide bonds. The van der Waals surface area contributed by atoms with Crippen LogP contribution in [0.5, 0.6) is 0 Å². The monoisotopic (exact) mass is 368 g/mol. The number of carbonyl (C=O) groups is 1. The molecule has 25 heavy (non-hydrogen) atoms. The topological polar surface area (TPSA) is 66.9 Å². The Morgan fingerprint density at radius 3 is 2.44 bits per heavy atom. The number of piperazine rings is 1. The maximum atomic E-state index is 12.8. The van der Waals surface area contributed by atoms with E-state index in [1.165, 1.54) is 12.1 Å². The van der Waals surface area contributed by atoms with Crippen molar-refractivity contribution < 1.29 is 17.9 Å². The Labute approximate surface area is 150 Å². The summed E-state index contributed by atoms with van der Waals surface area (Å²) >= 11 is 0. The van der Waals surface area contributed by atoms with Crippen LogP contribution >= 0.6 is 0 Å². The first kappa shape index (κ1) is 19.9. The fourth-order valence-corrected chi connectivity index (χ4v) is 4.06. The third-order valence-electron chi connectivity index (χ3n) is 4.66. The predicted octanol–water partition coefficient (Wildman–Crippen LogP) is 1.66. The van der Waals surface area contributed by atoms with Gasteiger partial charge in [0.15, 0.2) is 9.84 Å². The lowest BCUT2D eigenvalue weighted by Crippen LogP contribution is -2.58. The molecule has 1 aromatic carbocycles. The third kappa shape index (κ3) is 5.03. The highest BCUT2D eigenvalue weighted by molar-refractivity contribution is 7.90. The lowest BCUT2D eigenvalue weighted by atomic mass is 10.1. The molecule has 1 heterocycles. The van der Waals surface area contributed by atoms with Crippen LogP contribution in [0.1, 0.15) is 30.6 Å². The van der Waals surface area contributed by atoms with E-state index in [4.69, 9.17) is 4.74 Å². The van der Waals surface area contributed by atoms with Gasteiger partial charge in [-0.2, -0.15) is 0 Å². The molecule has 0 aliphatic carbocycles. The number of ether oxygens (including phenoxy) is 1. The first-order valence-electron chi connectivity index (χ1n) is 8.58. The summed E-state index contributed by atoms with van der Waals surface area (Å²) in [6.45, 7) is 7.20. The van der Waals surface area contributed by atoms with Crippen LogP contribution in [0.15, 0.2) is 29.2 Å². The van der Waals surface area contributed by atoms with Gasteiger partial charge in [0.1, 0.15) is 0 Å². The van der Waals surface area contributed by atoms with Gasteiger partial charge in [-0.15, -0.1) is 0 Å². The van der Waals surface area contributed by atoms with E-state index in [9.17, 15) is 13.2 Å². The molecular weight excluding hydrogens is 340 g/mol. The molecule has 0 spiro atoms. The molecule has 0 saturated carbocycles. The summed E-state index contributed by atoms with van der Waals surface area (Å²) < 4.78 is 28.5. The quantitative estimate of drug-likeness (QED) is 0.715. The van der Waals surface area contributed by atoms with Crippen molar-refractivity contribution in [2.75, 3.05) is 39.6 Å². The first-order valence-corrected chi connectivity index (χ1v) is 10.5. The van der Waals surface area contributed by atoms with Crippen molar-refractivity contribution >= 4 is 15.7 Å². The van der Waals surface area contributed by atoms with Gasteiger partial charge in [0.2, 0.25) is 0 Å². The van der Waals surface area contributed by atoms with Crippen LogP contribution in [0.25, 0.3) is 0 Å². The summed E-state index contributed by atoms with van der Waals surface area (Å²) in [4.78, 5) is 17.2. The highest BCUT2D eigenvalue weighted by atomic mass is 32.2. The number of rotatable bonds is 6. The van der Waals surface area contributed by atoms with E-state index in [0.717, 1.165) is 25.8 Å². The minimum absolute atomic E-state index is 0.110. The molecule has 0 bridgehead atoms. The van der Waals surface area contributed by atoms with Crippen molar-refractivity contribution in [3.8, 4) is 0 Å². The van der Waals surface area contributed by atoms with Gasteiger partial charge in [0.05, 0.1) is 4.90 Å². The highest BCUT2D eigenvalue weighted by Gasteiger charge is 2.31. The van der Waals surface area contributed by atoms with Crippen molar-refractivity contribution in [2.24, 2.45) is 0 Å². The zero-order chi connectivity index (χ0) is 18.6. The van der Waals surface area contributed by atoms with Gasteiger partial charge in [-0.1, -0.05) is 6.07 Å². The average molecular weight is 368 g/mol. The maximum absolute atomic E-state index is 12.8. The minimum Gasteiger partial charge on any atom is -0.385 e. The van der Waals surface area contributed by atoms with Gasteiger partial charge < -0.3 is 9.64 Å². The summed E-state index contributed by atoms with van der Waals surface area (Å²) in [5.74, 6) is -0.110. The molecule has 0 radical (unpaired) electrons. The molecule has 6 nitrogen and oxygen atoms in total. The van der Waals surface area contributed by atoms with Gasteiger partial charge in [0.25, 0.3) is 5.91 Å². The van der Waals surface area contributed by atoms with Gasteiger partial charge in [-0.3, -0.25) is 9.69 Å². The Bertz CT molecular complexity index is 693. The van der Waals surface area contributed by atoms with Crippen LogP contribution in [0, 0.1) is 0 Å². The second kappa shape index (κ2) is 8.29. The van der Waals surface area contributed by atoms with E-state index >= 15 is 0 Å². The lowest BCUT2D eigenvalue weighted by molar-refractivity contribution is 0.0270. The Morgan fingerprint density at radius 2 is 1.88 bits per heavy atom. The zero-order valence-electron chi connectivity index (χ0n) is 15.4. The van der Waals surface area contributed by atoms with E-state index in [1.807, 2.05) is 4.90 Å². The summed E-state index contributed by atoms with van der Waals surface area (Å²) in [6.07, 6.45) is 2.12. The van der Waals surface area contributed by atoms with Crippen LogP contribution in [-0.2, 0) is 14.6 Å². The van der Waals surface area contributed by atoms with Gasteiger partial charge in [-0.05, 0) is 38.5 Å². The molecule has 0 N–H and O–H groups in total. The molecular formula is C18H28N2O4S. The fourth-order valence-electron chi connectivity index (χ4n) is 3.40. The molecule has 1 aliphatic heterocycles. The molecule has 1 fully saturated rings. The minimum atomic E-state index is -3.32. The number of nitrogens with zero attached hydrogens (tertiary/aromatic N) is 2. The van der Waals surface area contributed by atoms with E-state index < -0.39 is 9.84 Å². The summed E-state index contributed by atoms with van der Waals surface area (Å²) in [5.41, 5.74) is 0.426. The maximum Gasteiger partial charge on any atom is 0.254 e. The van der Waals surface area contributed by atoms with Gasteiger partial charge >= 0.3 is 0 Å². The Kier molecular flexibility index (Phi) is 6.59. The molecule has 0 aromatic heterocycles. The third-order valence-corrected chi connectivity index (χ3v) is 5.77. The number of amides is 1. The van der Waals surface area contributed by atoms with Crippen molar-refractivity contribution in [3.05, 3.63) is 29.8 Å². The highest BCUT2D eigenvalue weighted by Crippen LogP contribution is 2.20. The van der Waals surface area contributed by atoms with Crippen molar-refractivity contribution in [1.29, 1.82) is 0 Å². The smallest absolute Gasteiger partial charge is 0.254 e. The van der Waals surface area contributed by atoms with E-state index in [2.05, 4.69) is 18.7 Å². The molecule has 2 unspecified atom stereocenters. The van der Waals surface area contributed by atoms with Crippen molar-refractivity contribution in [3.63, 3.8) is 0 Å². The lowest BCUT2D eigenvalue weighted by Gasteiger charge is -2.44. The second-order valence-corrected chi connectivity index (χ2v) is 8.81. The molecule has 1 aromatic rings. The molecule has 7 heteroatoms. The van der Waals surface area contributed by atoms with Crippen LogP contribution in [0.4, 0.5) is 0 Å². The summed E-state index contributed by atoms with van der Waals surface area (Å²) in [7, 11) is -1.62. The van der Waals surface area contributed by atoms with Crippen LogP contribution in [0.2, 0.25) is 0 Å². The van der Waals surface area contributed by atoms with E-state index in [0.29, 0.717) is 18.7 Å². The fraction of sp³-hybridized carbons (Fsp3) is 0.611. The number of benzene rings is 1. The predicted molar refractivity (Wildman–Crippen MR) is 97.6 cm³/mol. The summed E-state index contributed by atoms with van der Waals surface area (Å²) in [5, 5.41) is 0. The standard InChI is InChI=1S/C18H28N2O4S/c1-14-12-19(13-15(2)20(14)9-6-10-24-3)18(21)16-7-5-8-17(11-16)25(4,22)23/h5,7-8,11,14-15H,6,9-10,12-13H2,1-4H3. The van der Waals surface area contributed by atoms with E-state index in [1.54, 1.807) is 19.2 Å². The molecule has 2 rings (SSSR count). The van der Waals surface area contributed by atoms with Crippen molar-refractivity contribution in [1.82, 2.24) is 9.80 Å². The molecule has 2 atom stereocenters. The van der Waals surface area contributed by atoms with Crippen molar-refractivity contribution in [2.45, 2.75) is 37.2 Å². The van der Waals surface area contributed by atoms with Crippen LogP contribution < -0.4 is 0 Å². The van der Waals surface area contributed by atoms with Crippen LogP contribution in [-0.4, -0.2) is 75.8 Å². The molecule has 1 saturated heterocycles. The van der Waals surface area contributed by atoms with Crippen LogP contribution in [0.3, 0.4) is 0 Å². The normalized spacial score (nSPS) is 22.2. The Hall–Kier alpha value is -1.44. The second-order valence-electron chi connectivity index (χ2n) is 6.79. The number of hydrogen-bond donors (Lipinski definition) is 0. The average Bonchev–Trinajstić information content (AvgIpc) is 2.56. The van der Waals surface area contributed by atoms with E-state index in [-0.39, 0.29) is 22.9 Å². The Morgan fingerprint density at radius 1 is 1.24 bits per heavy atom. The SMILES string of the molecule is COCCCN1C(C)CN(C(=O)c2cccc(S(C)(=O)=O)c2)CC1C. The number of hydrogen-bond acceptors (Lipinski definition) is 5. The number of sulfone groups is 1. The van der Waals surface area contributed by atoms with Gasteiger partial charge in [0, 0.05) is 57.3 Å². The number of carbonyl (C=O) groups excluding carboxylic acids is 1. The number of methoxy groups -OCH3 is 1. The Balaban J connectivity index is 2.09. The largest absolute Gasteiger partial charge is 0.385 e. The molecule has 1 aliphatic rings.